The number of para-hydroxylation sites is 1. The van der Waals surface area contributed by atoms with E-state index in [4.69, 9.17) is 14.7 Å². The Bertz CT molecular complexity index is 1230. The van der Waals surface area contributed by atoms with Crippen LogP contribution in [-0.2, 0) is 11.3 Å². The summed E-state index contributed by atoms with van der Waals surface area (Å²) in [5, 5.41) is 1.40. The van der Waals surface area contributed by atoms with Crippen LogP contribution in [0.3, 0.4) is 0 Å². The Balaban J connectivity index is 1.53. The van der Waals surface area contributed by atoms with Gasteiger partial charge in [-0.25, -0.2) is 9.97 Å². The lowest BCUT2D eigenvalue weighted by atomic mass is 10.0. The summed E-state index contributed by atoms with van der Waals surface area (Å²) in [6.45, 7) is 3.88. The fraction of sp³-hybridized carbons (Fsp3) is 0.222. The van der Waals surface area contributed by atoms with E-state index in [2.05, 4.69) is 4.90 Å². The van der Waals surface area contributed by atoms with E-state index in [9.17, 15) is 4.79 Å². The van der Waals surface area contributed by atoms with Crippen molar-refractivity contribution in [3.8, 4) is 0 Å². The molecule has 0 aliphatic carbocycles. The number of ether oxygens (including phenoxy) is 1. The Labute approximate surface area is 197 Å². The van der Waals surface area contributed by atoms with Crippen LogP contribution in [0.5, 0.6) is 0 Å². The Kier molecular flexibility index (Phi) is 6.76. The standard InChI is InChI=1S/C27H25N3O2S/c31-25(20-9-3-1-4-10-20)26(21-11-5-2-6-12-21)33-27-22-13-7-8-14-23(22)28-24(29-27)19-30-15-17-32-18-16-30/h1-14,26H,15-19H2/t26-/m1/s1. The molecule has 1 aliphatic heterocycles. The summed E-state index contributed by atoms with van der Waals surface area (Å²) in [5.74, 6) is 0.848. The van der Waals surface area contributed by atoms with Crippen LogP contribution in [0.1, 0.15) is 27.0 Å². The van der Waals surface area contributed by atoms with Crippen LogP contribution in [0, 0.1) is 0 Å². The first-order chi connectivity index (χ1) is 16.3. The summed E-state index contributed by atoms with van der Waals surface area (Å²) in [5.41, 5.74) is 2.57. The van der Waals surface area contributed by atoms with Crippen molar-refractivity contribution in [2.24, 2.45) is 0 Å². The number of fused-ring (bicyclic) bond motifs is 1. The van der Waals surface area contributed by atoms with Crippen LogP contribution in [0.4, 0.5) is 0 Å². The molecule has 166 valence electrons. The van der Waals surface area contributed by atoms with Crippen molar-refractivity contribution in [2.75, 3.05) is 26.3 Å². The van der Waals surface area contributed by atoms with E-state index in [-0.39, 0.29) is 5.78 Å². The second-order valence-corrected chi connectivity index (χ2v) is 9.08. The van der Waals surface area contributed by atoms with Gasteiger partial charge in [-0.3, -0.25) is 9.69 Å². The molecule has 1 fully saturated rings. The van der Waals surface area contributed by atoms with Crippen molar-refractivity contribution in [1.82, 2.24) is 14.9 Å². The minimum Gasteiger partial charge on any atom is -0.379 e. The fourth-order valence-corrected chi connectivity index (χ4v) is 5.20. The van der Waals surface area contributed by atoms with Crippen LogP contribution in [0.2, 0.25) is 0 Å². The highest BCUT2D eigenvalue weighted by Crippen LogP contribution is 2.39. The average molecular weight is 456 g/mol. The van der Waals surface area contributed by atoms with E-state index in [0.717, 1.165) is 53.6 Å². The predicted molar refractivity (Wildman–Crippen MR) is 131 cm³/mol. The molecule has 1 atom stereocenters. The van der Waals surface area contributed by atoms with Gasteiger partial charge in [0.05, 0.1) is 30.5 Å². The molecule has 0 saturated carbocycles. The van der Waals surface area contributed by atoms with Gasteiger partial charge in [-0.05, 0) is 11.6 Å². The maximum atomic E-state index is 13.6. The highest BCUT2D eigenvalue weighted by molar-refractivity contribution is 8.00. The number of rotatable bonds is 7. The molecule has 0 unspecified atom stereocenters. The van der Waals surface area contributed by atoms with Gasteiger partial charge in [-0.2, -0.15) is 0 Å². The van der Waals surface area contributed by atoms with Crippen molar-refractivity contribution >= 4 is 28.4 Å². The first kappa shape index (κ1) is 21.8. The molecule has 1 aromatic heterocycles. The number of benzene rings is 3. The Morgan fingerprint density at radius 1 is 0.879 bits per heavy atom. The molecule has 5 nitrogen and oxygen atoms in total. The summed E-state index contributed by atoms with van der Waals surface area (Å²) in [6, 6.07) is 27.5. The Hall–Kier alpha value is -3.06. The number of thioether (sulfide) groups is 1. The second kappa shape index (κ2) is 10.3. The summed E-state index contributed by atoms with van der Waals surface area (Å²) < 4.78 is 5.48. The molecule has 0 amide bonds. The third-order valence-corrected chi connectivity index (χ3v) is 6.97. The molecule has 6 heteroatoms. The molecule has 1 saturated heterocycles. The molecule has 2 heterocycles. The predicted octanol–water partition coefficient (Wildman–Crippen LogP) is 5.18. The van der Waals surface area contributed by atoms with Crippen molar-refractivity contribution in [2.45, 2.75) is 16.8 Å². The molecule has 1 aliphatic rings. The van der Waals surface area contributed by atoms with Crippen molar-refractivity contribution in [3.63, 3.8) is 0 Å². The quantitative estimate of drug-likeness (QED) is 0.217. The van der Waals surface area contributed by atoms with Crippen LogP contribution >= 0.6 is 11.8 Å². The molecule has 0 N–H and O–H groups in total. The third-order valence-electron chi connectivity index (χ3n) is 5.71. The van der Waals surface area contributed by atoms with Gasteiger partial charge in [0.15, 0.2) is 5.78 Å². The molecule has 0 spiro atoms. The lowest BCUT2D eigenvalue weighted by Crippen LogP contribution is -2.36. The summed E-state index contributed by atoms with van der Waals surface area (Å²) in [6.07, 6.45) is 0. The molecule has 3 aromatic carbocycles. The molecule has 5 rings (SSSR count). The van der Waals surface area contributed by atoms with Crippen molar-refractivity contribution < 1.29 is 9.53 Å². The zero-order valence-corrected chi connectivity index (χ0v) is 19.1. The monoisotopic (exact) mass is 455 g/mol. The van der Waals surface area contributed by atoms with Crippen molar-refractivity contribution in [1.29, 1.82) is 0 Å². The minimum absolute atomic E-state index is 0.0734. The number of carbonyl (C=O) groups excluding carboxylic acids is 1. The van der Waals surface area contributed by atoms with Crippen LogP contribution in [0.25, 0.3) is 10.9 Å². The minimum atomic E-state index is -0.400. The van der Waals surface area contributed by atoms with Crippen LogP contribution in [0.15, 0.2) is 90.0 Å². The van der Waals surface area contributed by atoms with E-state index in [0.29, 0.717) is 12.1 Å². The summed E-state index contributed by atoms with van der Waals surface area (Å²) >= 11 is 1.51. The number of hydrogen-bond acceptors (Lipinski definition) is 6. The van der Waals surface area contributed by atoms with Gasteiger partial charge >= 0.3 is 0 Å². The number of hydrogen-bond donors (Lipinski definition) is 0. The van der Waals surface area contributed by atoms with Gasteiger partial charge in [-0.15, -0.1) is 0 Å². The first-order valence-electron chi connectivity index (χ1n) is 11.1. The SMILES string of the molecule is O=C(c1ccccc1)[C@H](Sc1nc(CN2CCOCC2)nc2ccccc12)c1ccccc1. The third kappa shape index (κ3) is 5.14. The molecule has 33 heavy (non-hydrogen) atoms. The number of aromatic nitrogens is 2. The molecular weight excluding hydrogens is 430 g/mol. The second-order valence-electron chi connectivity index (χ2n) is 7.99. The number of morpholine rings is 1. The average Bonchev–Trinajstić information content (AvgIpc) is 2.88. The lowest BCUT2D eigenvalue weighted by Gasteiger charge is -2.26. The van der Waals surface area contributed by atoms with Gasteiger partial charge in [0.2, 0.25) is 0 Å². The first-order valence-corrected chi connectivity index (χ1v) is 12.0. The number of ketones is 1. The largest absolute Gasteiger partial charge is 0.379 e. The van der Waals surface area contributed by atoms with Crippen molar-refractivity contribution in [3.05, 3.63) is 102 Å². The maximum Gasteiger partial charge on any atom is 0.180 e. The van der Waals surface area contributed by atoms with Crippen LogP contribution < -0.4 is 0 Å². The summed E-state index contributed by atoms with van der Waals surface area (Å²) in [7, 11) is 0. The molecule has 0 bridgehead atoms. The van der Waals surface area contributed by atoms with E-state index < -0.39 is 5.25 Å². The van der Waals surface area contributed by atoms with Crippen LogP contribution in [-0.4, -0.2) is 47.0 Å². The van der Waals surface area contributed by atoms with E-state index in [1.165, 1.54) is 11.8 Å². The van der Waals surface area contributed by atoms with Gasteiger partial charge in [0.1, 0.15) is 10.9 Å². The topological polar surface area (TPSA) is 55.3 Å². The zero-order chi connectivity index (χ0) is 22.5. The van der Waals surface area contributed by atoms with E-state index in [1.54, 1.807) is 0 Å². The molecule has 0 radical (unpaired) electrons. The Morgan fingerprint density at radius 2 is 1.55 bits per heavy atom. The molecule has 4 aromatic rings. The number of Topliss-reactive ketones (excluding diaryl/α,β-unsaturated/α-hetero) is 1. The Morgan fingerprint density at radius 3 is 2.30 bits per heavy atom. The fourth-order valence-electron chi connectivity index (χ4n) is 3.98. The highest BCUT2D eigenvalue weighted by Gasteiger charge is 2.25. The van der Waals surface area contributed by atoms with E-state index in [1.807, 2.05) is 84.9 Å². The summed E-state index contributed by atoms with van der Waals surface area (Å²) in [4.78, 5) is 25.7. The molecular formula is C27H25N3O2S. The smallest absolute Gasteiger partial charge is 0.180 e. The zero-order valence-electron chi connectivity index (χ0n) is 18.3. The number of nitrogens with zero attached hydrogens (tertiary/aromatic N) is 3. The normalized spacial score (nSPS) is 15.4. The number of carbonyl (C=O) groups is 1. The lowest BCUT2D eigenvalue weighted by molar-refractivity contribution is 0.0330. The van der Waals surface area contributed by atoms with Gasteiger partial charge in [0, 0.05) is 24.0 Å². The van der Waals surface area contributed by atoms with Gasteiger partial charge in [0.25, 0.3) is 0 Å². The highest BCUT2D eigenvalue weighted by atomic mass is 32.2. The van der Waals surface area contributed by atoms with Gasteiger partial charge < -0.3 is 4.74 Å². The van der Waals surface area contributed by atoms with Gasteiger partial charge in [-0.1, -0.05) is 90.6 Å². The van der Waals surface area contributed by atoms with E-state index >= 15 is 0 Å². The maximum absolute atomic E-state index is 13.6.